The van der Waals surface area contributed by atoms with Crippen LogP contribution in [0.15, 0.2) is 36.4 Å². The van der Waals surface area contributed by atoms with Gasteiger partial charge in [-0.3, -0.25) is 0 Å². The summed E-state index contributed by atoms with van der Waals surface area (Å²) in [5, 5.41) is 1.04. The first-order valence-electron chi connectivity index (χ1n) is 5.81. The van der Waals surface area contributed by atoms with Gasteiger partial charge in [0.15, 0.2) is 0 Å². The zero-order valence-electron chi connectivity index (χ0n) is 10.3. The highest BCUT2D eigenvalue weighted by molar-refractivity contribution is 9.09. The molecule has 0 aromatic heterocycles. The molecule has 0 saturated heterocycles. The SMILES string of the molecule is Cc1ccc(C(Br)Cc2ccc(Cl)c(Cl)c2)c(F)c1. The second-order valence-corrected chi connectivity index (χ2v) is 6.36. The van der Waals surface area contributed by atoms with E-state index in [1.54, 1.807) is 12.1 Å². The average Bonchev–Trinajstić information content (AvgIpc) is 2.33. The van der Waals surface area contributed by atoms with Crippen LogP contribution in [0.1, 0.15) is 21.5 Å². The molecule has 0 amide bonds. The van der Waals surface area contributed by atoms with Gasteiger partial charge in [-0.25, -0.2) is 4.39 Å². The summed E-state index contributed by atoms with van der Waals surface area (Å²) < 4.78 is 13.9. The van der Waals surface area contributed by atoms with Gasteiger partial charge in [-0.2, -0.15) is 0 Å². The highest BCUT2D eigenvalue weighted by Gasteiger charge is 2.14. The summed E-state index contributed by atoms with van der Waals surface area (Å²) in [6, 6.07) is 10.7. The molecule has 19 heavy (non-hydrogen) atoms. The number of halogens is 4. The number of alkyl halides is 1. The Labute approximate surface area is 130 Å². The minimum atomic E-state index is -0.193. The third-order valence-electron chi connectivity index (χ3n) is 2.89. The van der Waals surface area contributed by atoms with Crippen LogP contribution in [0.5, 0.6) is 0 Å². The lowest BCUT2D eigenvalue weighted by Crippen LogP contribution is -1.99. The lowest BCUT2D eigenvalue weighted by Gasteiger charge is -2.12. The van der Waals surface area contributed by atoms with Gasteiger partial charge in [0, 0.05) is 10.4 Å². The van der Waals surface area contributed by atoms with E-state index in [0.717, 1.165) is 11.1 Å². The molecule has 100 valence electrons. The number of aryl methyl sites for hydroxylation is 1. The largest absolute Gasteiger partial charge is 0.207 e. The van der Waals surface area contributed by atoms with Gasteiger partial charge in [0.2, 0.25) is 0 Å². The zero-order valence-corrected chi connectivity index (χ0v) is 13.4. The maximum atomic E-state index is 13.9. The first-order valence-corrected chi connectivity index (χ1v) is 7.48. The zero-order chi connectivity index (χ0) is 14.0. The summed E-state index contributed by atoms with van der Waals surface area (Å²) in [5.41, 5.74) is 2.57. The van der Waals surface area contributed by atoms with Gasteiger partial charge < -0.3 is 0 Å². The van der Waals surface area contributed by atoms with E-state index < -0.39 is 0 Å². The monoisotopic (exact) mass is 360 g/mol. The van der Waals surface area contributed by atoms with Crippen molar-refractivity contribution in [2.45, 2.75) is 18.2 Å². The van der Waals surface area contributed by atoms with E-state index in [-0.39, 0.29) is 10.6 Å². The van der Waals surface area contributed by atoms with Crippen LogP contribution >= 0.6 is 39.1 Å². The minimum absolute atomic E-state index is 0.0923. The lowest BCUT2D eigenvalue weighted by atomic mass is 10.0. The van der Waals surface area contributed by atoms with Gasteiger partial charge in [0.1, 0.15) is 5.82 Å². The Hall–Kier alpha value is -0.570. The van der Waals surface area contributed by atoms with E-state index in [4.69, 9.17) is 23.2 Å². The Morgan fingerprint density at radius 2 is 1.84 bits per heavy atom. The molecule has 0 heterocycles. The number of hydrogen-bond donors (Lipinski definition) is 0. The van der Waals surface area contributed by atoms with E-state index in [9.17, 15) is 4.39 Å². The minimum Gasteiger partial charge on any atom is -0.207 e. The van der Waals surface area contributed by atoms with Crippen molar-refractivity contribution >= 4 is 39.1 Å². The summed E-state index contributed by atoms with van der Waals surface area (Å²) in [6.45, 7) is 1.87. The summed E-state index contributed by atoms with van der Waals surface area (Å²) >= 11 is 15.4. The molecule has 0 fully saturated rings. The Morgan fingerprint density at radius 3 is 2.47 bits per heavy atom. The normalized spacial score (nSPS) is 12.5. The first kappa shape index (κ1) is 14.8. The van der Waals surface area contributed by atoms with Crippen LogP contribution in [0.25, 0.3) is 0 Å². The maximum Gasteiger partial charge on any atom is 0.127 e. The molecular formula is C15H12BrCl2F. The quantitative estimate of drug-likeness (QED) is 0.577. The van der Waals surface area contributed by atoms with E-state index in [1.807, 2.05) is 31.2 Å². The maximum absolute atomic E-state index is 13.9. The molecule has 0 radical (unpaired) electrons. The predicted molar refractivity (Wildman–Crippen MR) is 83.0 cm³/mol. The highest BCUT2D eigenvalue weighted by Crippen LogP contribution is 2.31. The molecule has 0 bridgehead atoms. The molecule has 2 aromatic rings. The molecule has 0 N–H and O–H groups in total. The van der Waals surface area contributed by atoms with Crippen molar-refractivity contribution in [3.63, 3.8) is 0 Å². The van der Waals surface area contributed by atoms with Gasteiger partial charge in [-0.1, -0.05) is 57.3 Å². The number of rotatable bonds is 3. The highest BCUT2D eigenvalue weighted by atomic mass is 79.9. The molecule has 0 nitrogen and oxygen atoms in total. The topological polar surface area (TPSA) is 0 Å². The summed E-state index contributed by atoms with van der Waals surface area (Å²) in [5.74, 6) is -0.193. The molecule has 0 aliphatic rings. The van der Waals surface area contributed by atoms with Crippen LogP contribution in [-0.4, -0.2) is 0 Å². The second kappa shape index (κ2) is 6.25. The van der Waals surface area contributed by atoms with Gasteiger partial charge in [-0.15, -0.1) is 0 Å². The van der Waals surface area contributed by atoms with Crippen molar-refractivity contribution in [3.8, 4) is 0 Å². The lowest BCUT2D eigenvalue weighted by molar-refractivity contribution is 0.607. The third kappa shape index (κ3) is 3.71. The van der Waals surface area contributed by atoms with Crippen LogP contribution < -0.4 is 0 Å². The van der Waals surface area contributed by atoms with Crippen molar-refractivity contribution in [2.75, 3.05) is 0 Å². The van der Waals surface area contributed by atoms with Crippen LogP contribution in [0.3, 0.4) is 0 Å². The molecule has 0 saturated carbocycles. The Balaban J connectivity index is 2.20. The average molecular weight is 362 g/mol. The van der Waals surface area contributed by atoms with E-state index in [2.05, 4.69) is 15.9 Å². The molecule has 0 aliphatic heterocycles. The third-order valence-corrected chi connectivity index (χ3v) is 4.45. The van der Waals surface area contributed by atoms with Crippen molar-refractivity contribution in [1.82, 2.24) is 0 Å². The Morgan fingerprint density at radius 1 is 1.11 bits per heavy atom. The molecule has 1 atom stereocenters. The molecule has 2 rings (SSSR count). The summed E-state index contributed by atoms with van der Waals surface area (Å²) in [4.78, 5) is -0.0923. The van der Waals surface area contributed by atoms with Crippen molar-refractivity contribution in [3.05, 3.63) is 69.0 Å². The molecule has 4 heteroatoms. The second-order valence-electron chi connectivity index (χ2n) is 4.45. The van der Waals surface area contributed by atoms with Gasteiger partial charge >= 0.3 is 0 Å². The standard InChI is InChI=1S/C15H12BrCl2F/c1-9-2-4-11(15(19)6-9)12(16)7-10-3-5-13(17)14(18)8-10/h2-6,8,12H,7H2,1H3. The Kier molecular flexibility index (Phi) is 4.88. The van der Waals surface area contributed by atoms with E-state index in [0.29, 0.717) is 22.0 Å². The van der Waals surface area contributed by atoms with Gasteiger partial charge in [-0.05, 0) is 42.7 Å². The molecule has 1 unspecified atom stereocenters. The molecular weight excluding hydrogens is 350 g/mol. The first-order chi connectivity index (χ1) is 8.97. The predicted octanol–water partition coefficient (Wildman–Crippen LogP) is 6.12. The molecule has 0 aliphatic carbocycles. The van der Waals surface area contributed by atoms with Gasteiger partial charge in [0.05, 0.1) is 10.0 Å². The molecule has 0 spiro atoms. The smallest absolute Gasteiger partial charge is 0.127 e. The van der Waals surface area contributed by atoms with Crippen LogP contribution in [0.4, 0.5) is 4.39 Å². The summed E-state index contributed by atoms with van der Waals surface area (Å²) in [6.07, 6.45) is 0.650. The van der Waals surface area contributed by atoms with Crippen molar-refractivity contribution in [1.29, 1.82) is 0 Å². The number of hydrogen-bond acceptors (Lipinski definition) is 0. The molecule has 2 aromatic carbocycles. The van der Waals surface area contributed by atoms with Gasteiger partial charge in [0.25, 0.3) is 0 Å². The fourth-order valence-electron chi connectivity index (χ4n) is 1.87. The van der Waals surface area contributed by atoms with Crippen LogP contribution in [0, 0.1) is 12.7 Å². The number of benzene rings is 2. The van der Waals surface area contributed by atoms with Crippen LogP contribution in [0.2, 0.25) is 10.0 Å². The van der Waals surface area contributed by atoms with E-state index in [1.165, 1.54) is 0 Å². The van der Waals surface area contributed by atoms with E-state index >= 15 is 0 Å². The van der Waals surface area contributed by atoms with Crippen molar-refractivity contribution < 1.29 is 4.39 Å². The van der Waals surface area contributed by atoms with Crippen molar-refractivity contribution in [2.24, 2.45) is 0 Å². The fraction of sp³-hybridized carbons (Fsp3) is 0.200. The fourth-order valence-corrected chi connectivity index (χ4v) is 2.94. The van der Waals surface area contributed by atoms with Crippen LogP contribution in [-0.2, 0) is 6.42 Å². The summed E-state index contributed by atoms with van der Waals surface area (Å²) in [7, 11) is 0. The Bertz CT molecular complexity index is 599.